The van der Waals surface area contributed by atoms with Crippen molar-refractivity contribution in [2.45, 2.75) is 38.9 Å². The van der Waals surface area contributed by atoms with Crippen LogP contribution in [0.15, 0.2) is 12.1 Å². The van der Waals surface area contributed by atoms with E-state index in [0.717, 1.165) is 3.57 Å². The second-order valence-corrected chi connectivity index (χ2v) is 6.73. The lowest BCUT2D eigenvalue weighted by Gasteiger charge is -2.32. The van der Waals surface area contributed by atoms with E-state index in [1.54, 1.807) is 12.1 Å². The smallest absolute Gasteiger partial charge is 0.494 e. The van der Waals surface area contributed by atoms with E-state index in [0.29, 0.717) is 5.46 Å². The number of rotatable bonds is 2. The normalized spacial score (nSPS) is 20.7. The van der Waals surface area contributed by atoms with E-state index in [1.165, 1.54) is 7.11 Å². The van der Waals surface area contributed by atoms with Gasteiger partial charge in [-0.25, -0.2) is 4.39 Å². The maximum atomic E-state index is 14.4. The molecule has 1 heterocycles. The first-order valence-corrected chi connectivity index (χ1v) is 7.15. The first-order chi connectivity index (χ1) is 8.69. The summed E-state index contributed by atoms with van der Waals surface area (Å²) in [5.41, 5.74) is -0.578. The summed E-state index contributed by atoms with van der Waals surface area (Å²) in [7, 11) is 0.728. The fourth-order valence-corrected chi connectivity index (χ4v) is 2.55. The van der Waals surface area contributed by atoms with Crippen molar-refractivity contribution in [1.29, 1.82) is 0 Å². The Morgan fingerprint density at radius 2 is 1.68 bits per heavy atom. The summed E-state index contributed by atoms with van der Waals surface area (Å²) >= 11 is 2.08. The van der Waals surface area contributed by atoms with Crippen LogP contribution >= 0.6 is 22.6 Å². The minimum absolute atomic E-state index is 0.199. The summed E-state index contributed by atoms with van der Waals surface area (Å²) in [5.74, 6) is -0.224. The van der Waals surface area contributed by atoms with Gasteiger partial charge in [0.2, 0.25) is 0 Å². The maximum absolute atomic E-state index is 14.4. The molecule has 0 unspecified atom stereocenters. The lowest BCUT2D eigenvalue weighted by Crippen LogP contribution is -2.41. The highest BCUT2D eigenvalue weighted by Crippen LogP contribution is 2.37. The fraction of sp³-hybridized carbons (Fsp3) is 0.538. The molecule has 3 nitrogen and oxygen atoms in total. The van der Waals surface area contributed by atoms with Crippen LogP contribution in [0.5, 0.6) is 5.75 Å². The van der Waals surface area contributed by atoms with Crippen molar-refractivity contribution in [3.8, 4) is 5.75 Å². The van der Waals surface area contributed by atoms with Crippen LogP contribution in [0.1, 0.15) is 27.7 Å². The summed E-state index contributed by atoms with van der Waals surface area (Å²) in [5, 5.41) is 0. The number of halogens is 2. The van der Waals surface area contributed by atoms with Crippen molar-refractivity contribution >= 4 is 35.2 Å². The zero-order chi connectivity index (χ0) is 14.4. The third kappa shape index (κ3) is 2.50. The van der Waals surface area contributed by atoms with Crippen LogP contribution in [0.4, 0.5) is 4.39 Å². The molecule has 1 aromatic rings. The van der Waals surface area contributed by atoms with Gasteiger partial charge in [-0.2, -0.15) is 0 Å². The highest BCUT2D eigenvalue weighted by atomic mass is 127. The number of methoxy groups -OCH3 is 1. The topological polar surface area (TPSA) is 27.7 Å². The van der Waals surface area contributed by atoms with Crippen LogP contribution in [0, 0.1) is 9.39 Å². The Labute approximate surface area is 127 Å². The predicted octanol–water partition coefficient (Wildman–Crippen LogP) is 2.74. The van der Waals surface area contributed by atoms with E-state index in [9.17, 15) is 4.39 Å². The molecule has 6 heteroatoms. The molecular formula is C13H17BFIO3. The van der Waals surface area contributed by atoms with Gasteiger partial charge in [-0.1, -0.05) is 0 Å². The summed E-state index contributed by atoms with van der Waals surface area (Å²) < 4.78 is 32.0. The van der Waals surface area contributed by atoms with Gasteiger partial charge in [0.25, 0.3) is 0 Å². The molecule has 0 aliphatic carbocycles. The van der Waals surface area contributed by atoms with Gasteiger partial charge in [0.15, 0.2) is 11.6 Å². The van der Waals surface area contributed by atoms with Gasteiger partial charge in [0, 0.05) is 9.03 Å². The Morgan fingerprint density at radius 3 is 2.16 bits per heavy atom. The van der Waals surface area contributed by atoms with Gasteiger partial charge >= 0.3 is 7.12 Å². The molecule has 19 heavy (non-hydrogen) atoms. The molecule has 104 valence electrons. The second kappa shape index (κ2) is 4.89. The van der Waals surface area contributed by atoms with E-state index in [1.807, 2.05) is 27.7 Å². The Kier molecular flexibility index (Phi) is 3.88. The van der Waals surface area contributed by atoms with Crippen LogP contribution in [0.3, 0.4) is 0 Å². The Bertz CT molecular complexity index is 489. The molecule has 1 saturated heterocycles. The molecule has 0 aromatic heterocycles. The van der Waals surface area contributed by atoms with Crippen molar-refractivity contribution < 1.29 is 18.4 Å². The molecule has 1 aromatic carbocycles. The molecule has 1 aliphatic rings. The maximum Gasteiger partial charge on any atom is 0.499 e. The first-order valence-electron chi connectivity index (χ1n) is 6.07. The van der Waals surface area contributed by atoms with E-state index >= 15 is 0 Å². The van der Waals surface area contributed by atoms with E-state index in [2.05, 4.69) is 22.6 Å². The third-order valence-electron chi connectivity index (χ3n) is 3.80. The highest BCUT2D eigenvalue weighted by molar-refractivity contribution is 14.1. The van der Waals surface area contributed by atoms with Crippen LogP contribution in [0.25, 0.3) is 0 Å². The van der Waals surface area contributed by atoms with E-state index in [-0.39, 0.29) is 5.75 Å². The second-order valence-electron chi connectivity index (χ2n) is 5.57. The lowest BCUT2D eigenvalue weighted by atomic mass is 9.78. The van der Waals surface area contributed by atoms with Gasteiger partial charge in [0.05, 0.1) is 18.3 Å². The first kappa shape index (κ1) is 15.1. The third-order valence-corrected chi connectivity index (χ3v) is 4.74. The van der Waals surface area contributed by atoms with Crippen molar-refractivity contribution in [2.24, 2.45) is 0 Å². The zero-order valence-electron chi connectivity index (χ0n) is 11.7. The molecule has 1 aliphatic heterocycles. The Balaban J connectivity index is 2.45. The molecule has 0 amide bonds. The van der Waals surface area contributed by atoms with E-state index < -0.39 is 24.1 Å². The van der Waals surface area contributed by atoms with Crippen molar-refractivity contribution in [2.75, 3.05) is 7.11 Å². The SMILES string of the molecule is COc1ccc(I)c(B2OC(C)(C)C(C)(C)O2)c1F. The molecule has 0 bridgehead atoms. The average molecular weight is 378 g/mol. The summed E-state index contributed by atoms with van der Waals surface area (Å²) in [6.07, 6.45) is 0. The summed E-state index contributed by atoms with van der Waals surface area (Å²) in [6, 6.07) is 3.40. The molecule has 0 radical (unpaired) electrons. The monoisotopic (exact) mass is 378 g/mol. The largest absolute Gasteiger partial charge is 0.499 e. The minimum atomic E-state index is -0.716. The van der Waals surface area contributed by atoms with E-state index in [4.69, 9.17) is 14.0 Å². The minimum Gasteiger partial charge on any atom is -0.494 e. The van der Waals surface area contributed by atoms with Crippen molar-refractivity contribution in [1.82, 2.24) is 0 Å². The van der Waals surface area contributed by atoms with Crippen LogP contribution < -0.4 is 10.2 Å². The van der Waals surface area contributed by atoms with Crippen LogP contribution in [-0.2, 0) is 9.31 Å². The number of hydrogen-bond acceptors (Lipinski definition) is 3. The predicted molar refractivity (Wildman–Crippen MR) is 81.4 cm³/mol. The lowest BCUT2D eigenvalue weighted by molar-refractivity contribution is 0.00578. The molecule has 0 saturated carbocycles. The van der Waals surface area contributed by atoms with Crippen molar-refractivity contribution in [3.63, 3.8) is 0 Å². The molecule has 1 fully saturated rings. The average Bonchev–Trinajstić information content (AvgIpc) is 2.48. The highest BCUT2D eigenvalue weighted by Gasteiger charge is 2.53. The summed E-state index contributed by atoms with van der Waals surface area (Å²) in [4.78, 5) is 0. The molecule has 0 N–H and O–H groups in total. The van der Waals surface area contributed by atoms with Gasteiger partial charge in [0.1, 0.15) is 0 Å². The number of benzene rings is 1. The van der Waals surface area contributed by atoms with Crippen LogP contribution in [-0.4, -0.2) is 25.4 Å². The Morgan fingerprint density at radius 1 is 1.16 bits per heavy atom. The number of hydrogen-bond donors (Lipinski definition) is 0. The van der Waals surface area contributed by atoms with Crippen LogP contribution in [0.2, 0.25) is 0 Å². The molecule has 0 atom stereocenters. The van der Waals surface area contributed by atoms with Crippen molar-refractivity contribution in [3.05, 3.63) is 21.5 Å². The quantitative estimate of drug-likeness (QED) is 0.586. The zero-order valence-corrected chi connectivity index (χ0v) is 13.9. The standard InChI is InChI=1S/C13H17BFIO3/c1-12(2)13(3,4)19-14(18-12)10-8(16)6-7-9(17-5)11(10)15/h6-7H,1-5H3. The Hall–Kier alpha value is -0.335. The fourth-order valence-electron chi connectivity index (χ4n) is 1.88. The van der Waals surface area contributed by atoms with Gasteiger partial charge in [-0.05, 0) is 62.4 Å². The summed E-state index contributed by atoms with van der Waals surface area (Å²) in [6.45, 7) is 7.77. The number of ether oxygens (including phenoxy) is 1. The van der Waals surface area contributed by atoms with Gasteiger partial charge < -0.3 is 14.0 Å². The molecular weight excluding hydrogens is 361 g/mol. The molecule has 2 rings (SSSR count). The van der Waals surface area contributed by atoms with Gasteiger partial charge in [-0.15, -0.1) is 0 Å². The van der Waals surface area contributed by atoms with Gasteiger partial charge in [-0.3, -0.25) is 0 Å². The molecule has 0 spiro atoms.